The Kier molecular flexibility index (Phi) is 3.87. The van der Waals surface area contributed by atoms with Crippen LogP contribution in [0.3, 0.4) is 0 Å². The zero-order chi connectivity index (χ0) is 20.5. The highest BCUT2D eigenvalue weighted by atomic mass is 32.2. The van der Waals surface area contributed by atoms with Gasteiger partial charge in [0.05, 0.1) is 10.6 Å². The maximum atomic E-state index is 13.4. The molecule has 2 aromatic rings. The van der Waals surface area contributed by atoms with Gasteiger partial charge in [0.15, 0.2) is 5.78 Å². The van der Waals surface area contributed by atoms with Crippen LogP contribution in [-0.4, -0.2) is 29.4 Å². The molecule has 2 aliphatic rings. The summed E-state index contributed by atoms with van der Waals surface area (Å²) in [5.41, 5.74) is -0.808. The molecule has 2 aromatic carbocycles. The SMILES string of the molecule is Cc1ccc(S(=O)(=O)N2N=C(C(C)(C)C)[C@@H]3C(=O)c4ccccc4[C@]32O)cc1. The Labute approximate surface area is 164 Å². The Morgan fingerprint density at radius 1 is 1.07 bits per heavy atom. The van der Waals surface area contributed by atoms with Crippen LogP contribution in [0, 0.1) is 18.3 Å². The molecule has 0 fully saturated rings. The van der Waals surface area contributed by atoms with Gasteiger partial charge in [-0.1, -0.05) is 62.7 Å². The maximum Gasteiger partial charge on any atom is 0.282 e. The minimum atomic E-state index is -4.18. The summed E-state index contributed by atoms with van der Waals surface area (Å²) in [5, 5.41) is 16.0. The summed E-state index contributed by atoms with van der Waals surface area (Å²) >= 11 is 0. The fourth-order valence-electron chi connectivity index (χ4n) is 3.90. The second-order valence-electron chi connectivity index (χ2n) is 8.37. The van der Waals surface area contributed by atoms with E-state index in [4.69, 9.17) is 0 Å². The minimum absolute atomic E-state index is 0.0148. The molecule has 0 amide bonds. The van der Waals surface area contributed by atoms with Crippen molar-refractivity contribution in [3.8, 4) is 0 Å². The zero-order valence-corrected chi connectivity index (χ0v) is 17.0. The van der Waals surface area contributed by atoms with Crippen LogP contribution >= 0.6 is 0 Å². The number of aryl methyl sites for hydroxylation is 1. The lowest BCUT2D eigenvalue weighted by molar-refractivity contribution is -0.0656. The average molecular weight is 398 g/mol. The maximum absolute atomic E-state index is 13.4. The van der Waals surface area contributed by atoms with Gasteiger partial charge in [-0.15, -0.1) is 4.41 Å². The van der Waals surface area contributed by atoms with Crippen LogP contribution in [0.5, 0.6) is 0 Å². The number of nitrogens with zero attached hydrogens (tertiary/aromatic N) is 2. The van der Waals surface area contributed by atoms with E-state index >= 15 is 0 Å². The van der Waals surface area contributed by atoms with Crippen LogP contribution in [0.2, 0.25) is 0 Å². The van der Waals surface area contributed by atoms with Crippen molar-refractivity contribution in [1.82, 2.24) is 4.41 Å². The topological polar surface area (TPSA) is 87.0 Å². The van der Waals surface area contributed by atoms with E-state index in [2.05, 4.69) is 5.10 Å². The average Bonchev–Trinajstić information content (AvgIpc) is 3.06. The number of benzene rings is 2. The Hall–Kier alpha value is -2.51. The molecule has 0 bridgehead atoms. The van der Waals surface area contributed by atoms with Crippen molar-refractivity contribution in [3.63, 3.8) is 0 Å². The summed E-state index contributed by atoms with van der Waals surface area (Å²) in [6, 6.07) is 12.9. The van der Waals surface area contributed by atoms with Gasteiger partial charge >= 0.3 is 0 Å². The summed E-state index contributed by atoms with van der Waals surface area (Å²) in [7, 11) is -4.18. The Bertz CT molecular complexity index is 1110. The third-order valence-corrected chi connectivity index (χ3v) is 7.02. The van der Waals surface area contributed by atoms with Crippen molar-refractivity contribution in [2.45, 2.75) is 38.3 Å². The molecule has 146 valence electrons. The van der Waals surface area contributed by atoms with E-state index in [1.54, 1.807) is 36.4 Å². The van der Waals surface area contributed by atoms with Gasteiger partial charge in [0.25, 0.3) is 10.0 Å². The summed E-state index contributed by atoms with van der Waals surface area (Å²) < 4.78 is 27.6. The van der Waals surface area contributed by atoms with Gasteiger partial charge in [-0.2, -0.15) is 13.5 Å². The van der Waals surface area contributed by atoms with Crippen molar-refractivity contribution in [2.75, 3.05) is 0 Å². The number of hydrogen-bond donors (Lipinski definition) is 1. The molecule has 0 radical (unpaired) electrons. The number of Topliss-reactive ketones (excluding diaryl/α,β-unsaturated/α-hetero) is 1. The van der Waals surface area contributed by atoms with Gasteiger partial charge in [-0.25, -0.2) is 0 Å². The third-order valence-electron chi connectivity index (χ3n) is 5.33. The molecule has 1 aliphatic heterocycles. The van der Waals surface area contributed by atoms with E-state index in [-0.39, 0.29) is 16.2 Å². The number of aliphatic hydroxyl groups is 1. The smallest absolute Gasteiger partial charge is 0.282 e. The number of hydrazone groups is 1. The van der Waals surface area contributed by atoms with Crippen molar-refractivity contribution in [1.29, 1.82) is 0 Å². The van der Waals surface area contributed by atoms with E-state index in [1.165, 1.54) is 12.1 Å². The van der Waals surface area contributed by atoms with Crippen molar-refractivity contribution < 1.29 is 18.3 Å². The molecule has 7 heteroatoms. The lowest BCUT2D eigenvalue weighted by Crippen LogP contribution is -2.48. The zero-order valence-electron chi connectivity index (χ0n) is 16.2. The minimum Gasteiger partial charge on any atom is -0.364 e. The Morgan fingerprint density at radius 3 is 2.29 bits per heavy atom. The predicted molar refractivity (Wildman–Crippen MR) is 105 cm³/mol. The molecule has 4 rings (SSSR count). The number of sulfonamides is 1. The predicted octanol–water partition coefficient (Wildman–Crippen LogP) is 3.06. The molecular formula is C21H22N2O4S. The largest absolute Gasteiger partial charge is 0.364 e. The molecular weight excluding hydrogens is 376 g/mol. The fraction of sp³-hybridized carbons (Fsp3) is 0.333. The second kappa shape index (κ2) is 5.75. The quantitative estimate of drug-likeness (QED) is 0.842. The van der Waals surface area contributed by atoms with Crippen molar-refractivity contribution >= 4 is 21.5 Å². The molecule has 1 N–H and O–H groups in total. The summed E-state index contributed by atoms with van der Waals surface area (Å²) in [6.07, 6.45) is 0. The summed E-state index contributed by atoms with van der Waals surface area (Å²) in [6.45, 7) is 7.41. The second-order valence-corrected chi connectivity index (χ2v) is 10.1. The van der Waals surface area contributed by atoms with E-state index in [0.29, 0.717) is 11.3 Å². The molecule has 1 heterocycles. The van der Waals surface area contributed by atoms with E-state index in [1.807, 2.05) is 27.7 Å². The Morgan fingerprint density at radius 2 is 1.68 bits per heavy atom. The van der Waals surface area contributed by atoms with E-state index in [0.717, 1.165) is 9.98 Å². The normalized spacial score (nSPS) is 24.2. The lowest BCUT2D eigenvalue weighted by atomic mass is 9.78. The van der Waals surface area contributed by atoms with E-state index < -0.39 is 27.1 Å². The summed E-state index contributed by atoms with van der Waals surface area (Å²) in [4.78, 5) is 13.1. The van der Waals surface area contributed by atoms with Crippen LogP contribution in [-0.2, 0) is 15.7 Å². The van der Waals surface area contributed by atoms with Crippen LogP contribution in [0.15, 0.2) is 58.5 Å². The Balaban J connectivity index is 1.98. The molecule has 0 saturated carbocycles. The van der Waals surface area contributed by atoms with Gasteiger partial charge in [0.1, 0.15) is 5.92 Å². The van der Waals surface area contributed by atoms with Crippen LogP contribution < -0.4 is 0 Å². The fourth-order valence-corrected chi connectivity index (χ4v) is 5.35. The first-order valence-electron chi connectivity index (χ1n) is 9.06. The highest BCUT2D eigenvalue weighted by Crippen LogP contribution is 2.52. The van der Waals surface area contributed by atoms with Gasteiger partial charge in [0, 0.05) is 16.5 Å². The van der Waals surface area contributed by atoms with Gasteiger partial charge in [-0.05, 0) is 19.1 Å². The number of hydrogen-bond acceptors (Lipinski definition) is 5. The summed E-state index contributed by atoms with van der Waals surface area (Å²) in [5.74, 6) is -1.38. The standard InChI is InChI=1S/C21H22N2O4S/c1-13-9-11-14(12-10-13)28(26,27)23-21(25)16-8-6-5-7-15(16)18(24)17(21)19(22-23)20(2,3)4/h5-12,17,25H,1-4H3/t17-,21-/m0/s1. The monoisotopic (exact) mass is 398 g/mol. The molecule has 0 aromatic heterocycles. The number of ketones is 1. The van der Waals surface area contributed by atoms with Gasteiger partial charge in [0.2, 0.25) is 5.72 Å². The molecule has 0 unspecified atom stereocenters. The first kappa shape index (κ1) is 18.8. The van der Waals surface area contributed by atoms with Crippen molar-refractivity contribution in [2.24, 2.45) is 16.4 Å². The van der Waals surface area contributed by atoms with Crippen LogP contribution in [0.4, 0.5) is 0 Å². The molecule has 28 heavy (non-hydrogen) atoms. The third kappa shape index (κ3) is 2.39. The van der Waals surface area contributed by atoms with E-state index in [9.17, 15) is 18.3 Å². The first-order valence-corrected chi connectivity index (χ1v) is 10.5. The van der Waals surface area contributed by atoms with Crippen LogP contribution in [0.1, 0.15) is 42.3 Å². The molecule has 0 saturated heterocycles. The van der Waals surface area contributed by atoms with Crippen molar-refractivity contribution in [3.05, 3.63) is 65.2 Å². The number of fused-ring (bicyclic) bond motifs is 3. The highest BCUT2D eigenvalue weighted by Gasteiger charge is 2.65. The van der Waals surface area contributed by atoms with Gasteiger partial charge in [-0.3, -0.25) is 4.79 Å². The number of rotatable bonds is 2. The first-order chi connectivity index (χ1) is 13.0. The molecule has 0 spiro atoms. The molecule has 6 nitrogen and oxygen atoms in total. The molecule has 2 atom stereocenters. The number of carbonyl (C=O) groups excluding carboxylic acids is 1. The highest BCUT2D eigenvalue weighted by molar-refractivity contribution is 7.89. The lowest BCUT2D eigenvalue weighted by Gasteiger charge is -2.32. The van der Waals surface area contributed by atoms with Gasteiger partial charge < -0.3 is 5.11 Å². The molecule has 1 aliphatic carbocycles. The van der Waals surface area contributed by atoms with Crippen LogP contribution in [0.25, 0.3) is 0 Å². The number of carbonyl (C=O) groups is 1.